The Kier molecular flexibility index (Phi) is 4.65. The van der Waals surface area contributed by atoms with Gasteiger partial charge in [-0.05, 0) is 44.5 Å². The largest absolute Gasteiger partial charge is 0.317 e. The van der Waals surface area contributed by atoms with Crippen molar-refractivity contribution in [1.29, 1.82) is 0 Å². The van der Waals surface area contributed by atoms with Gasteiger partial charge in [-0.1, -0.05) is 12.1 Å². The number of nitrogens with zero attached hydrogens (tertiary/aromatic N) is 4. The molecule has 2 heterocycles. The van der Waals surface area contributed by atoms with E-state index in [-0.39, 0.29) is 11.7 Å². The van der Waals surface area contributed by atoms with Crippen molar-refractivity contribution < 1.29 is 9.18 Å². The van der Waals surface area contributed by atoms with Crippen LogP contribution in [0, 0.1) is 19.7 Å². The highest BCUT2D eigenvalue weighted by atomic mass is 19.1. The van der Waals surface area contributed by atoms with Crippen molar-refractivity contribution in [2.45, 2.75) is 33.9 Å². The number of carbonyl (C=O) groups is 1. The maximum absolute atomic E-state index is 13.4. The van der Waals surface area contributed by atoms with E-state index in [1.165, 1.54) is 12.1 Å². The summed E-state index contributed by atoms with van der Waals surface area (Å²) in [6, 6.07) is 8.09. The quantitative estimate of drug-likeness (QED) is 0.775. The van der Waals surface area contributed by atoms with Crippen LogP contribution < -0.4 is 5.32 Å². The molecule has 0 atom stereocenters. The van der Waals surface area contributed by atoms with Gasteiger partial charge in [-0.3, -0.25) is 14.2 Å². The number of aromatic nitrogens is 4. The first-order chi connectivity index (χ1) is 12.0. The van der Waals surface area contributed by atoms with Gasteiger partial charge in [0.05, 0.1) is 23.6 Å². The average Bonchev–Trinajstić information content (AvgIpc) is 3.15. The van der Waals surface area contributed by atoms with E-state index in [1.54, 1.807) is 27.7 Å². The Morgan fingerprint density at radius 2 is 2.04 bits per heavy atom. The predicted molar refractivity (Wildman–Crippen MR) is 93.1 cm³/mol. The van der Waals surface area contributed by atoms with Gasteiger partial charge in [0.1, 0.15) is 11.5 Å². The lowest BCUT2D eigenvalue weighted by Gasteiger charge is -2.08. The summed E-state index contributed by atoms with van der Waals surface area (Å²) >= 11 is 0. The van der Waals surface area contributed by atoms with E-state index in [0.29, 0.717) is 30.2 Å². The van der Waals surface area contributed by atoms with Gasteiger partial charge in [-0.25, -0.2) is 4.39 Å². The van der Waals surface area contributed by atoms with Crippen LogP contribution in [0.3, 0.4) is 0 Å². The van der Waals surface area contributed by atoms with Gasteiger partial charge >= 0.3 is 0 Å². The maximum atomic E-state index is 13.4. The zero-order valence-corrected chi connectivity index (χ0v) is 14.5. The van der Waals surface area contributed by atoms with Gasteiger partial charge in [0, 0.05) is 12.7 Å². The first-order valence-corrected chi connectivity index (χ1v) is 8.11. The summed E-state index contributed by atoms with van der Waals surface area (Å²) in [4.78, 5) is 12.5. The summed E-state index contributed by atoms with van der Waals surface area (Å²) in [6.45, 7) is 6.70. The molecule has 25 heavy (non-hydrogen) atoms. The molecule has 1 aromatic carbocycles. The third kappa shape index (κ3) is 3.45. The highest BCUT2D eigenvalue weighted by molar-refractivity contribution is 6.03. The number of carbonyl (C=O) groups excluding carboxylic acids is 1. The summed E-state index contributed by atoms with van der Waals surface area (Å²) in [5.74, 6) is -0.503. The van der Waals surface area contributed by atoms with Crippen molar-refractivity contribution >= 4 is 11.6 Å². The molecule has 2 aromatic heterocycles. The molecule has 0 saturated carbocycles. The molecule has 6 nitrogen and oxygen atoms in total. The van der Waals surface area contributed by atoms with Crippen molar-refractivity contribution in [3.05, 3.63) is 65.0 Å². The second kappa shape index (κ2) is 6.88. The van der Waals surface area contributed by atoms with E-state index in [4.69, 9.17) is 0 Å². The summed E-state index contributed by atoms with van der Waals surface area (Å²) in [5, 5.41) is 11.5. The van der Waals surface area contributed by atoms with Gasteiger partial charge in [0.15, 0.2) is 0 Å². The van der Waals surface area contributed by atoms with Crippen LogP contribution in [0.2, 0.25) is 0 Å². The monoisotopic (exact) mass is 341 g/mol. The van der Waals surface area contributed by atoms with Crippen LogP contribution in [0.15, 0.2) is 36.5 Å². The minimum atomic E-state index is -0.277. The third-order valence-electron chi connectivity index (χ3n) is 4.09. The number of rotatable bonds is 5. The molecule has 0 aliphatic heterocycles. The molecule has 0 aliphatic carbocycles. The number of benzene rings is 1. The molecule has 1 amide bonds. The molecular formula is C18H20FN5O. The molecule has 0 aliphatic rings. The molecular weight excluding hydrogens is 321 g/mol. The van der Waals surface area contributed by atoms with Crippen molar-refractivity contribution in [2.75, 3.05) is 5.32 Å². The highest BCUT2D eigenvalue weighted by Gasteiger charge is 2.17. The van der Waals surface area contributed by atoms with E-state index in [1.807, 2.05) is 26.8 Å². The summed E-state index contributed by atoms with van der Waals surface area (Å²) in [6.07, 6.45) is 1.60. The van der Waals surface area contributed by atoms with Crippen LogP contribution in [0.5, 0.6) is 0 Å². The van der Waals surface area contributed by atoms with Crippen LogP contribution in [0.4, 0.5) is 10.1 Å². The fourth-order valence-corrected chi connectivity index (χ4v) is 2.80. The molecule has 0 spiro atoms. The summed E-state index contributed by atoms with van der Waals surface area (Å²) < 4.78 is 16.8. The first-order valence-electron chi connectivity index (χ1n) is 8.11. The number of aryl methyl sites for hydroxylation is 2. The topological polar surface area (TPSA) is 64.7 Å². The lowest BCUT2D eigenvalue weighted by atomic mass is 10.2. The molecule has 0 radical (unpaired) electrons. The molecule has 3 rings (SSSR count). The summed E-state index contributed by atoms with van der Waals surface area (Å²) in [5.41, 5.74) is 3.51. The lowest BCUT2D eigenvalue weighted by molar-refractivity contribution is 0.101. The zero-order chi connectivity index (χ0) is 18.0. The Bertz CT molecular complexity index is 912. The van der Waals surface area contributed by atoms with E-state index < -0.39 is 0 Å². The maximum Gasteiger partial charge on any atom is 0.274 e. The fraction of sp³-hybridized carbons (Fsp3) is 0.278. The standard InChI is InChI=1S/C18H20FN5O/c1-4-23-16(8-9-20-23)18(25)21-17-12(2)22-24(13(17)3)11-14-6-5-7-15(19)10-14/h5-10H,4,11H2,1-3H3,(H,21,25). The van der Waals surface area contributed by atoms with Crippen molar-refractivity contribution in [3.8, 4) is 0 Å². The smallest absolute Gasteiger partial charge is 0.274 e. The Labute approximate surface area is 145 Å². The molecule has 0 unspecified atom stereocenters. The van der Waals surface area contributed by atoms with E-state index in [9.17, 15) is 9.18 Å². The average molecular weight is 341 g/mol. The van der Waals surface area contributed by atoms with Gasteiger partial charge < -0.3 is 5.32 Å². The molecule has 3 aromatic rings. The zero-order valence-electron chi connectivity index (χ0n) is 14.5. The number of halogens is 1. The van der Waals surface area contributed by atoms with Gasteiger partial charge in [-0.2, -0.15) is 10.2 Å². The SMILES string of the molecule is CCn1nccc1C(=O)Nc1c(C)nn(Cc2cccc(F)c2)c1C. The normalized spacial score (nSPS) is 10.9. The second-order valence-corrected chi connectivity index (χ2v) is 5.82. The first kappa shape index (κ1) is 16.9. The molecule has 0 fully saturated rings. The van der Waals surface area contributed by atoms with Crippen molar-refractivity contribution in [2.24, 2.45) is 0 Å². The molecule has 130 valence electrons. The molecule has 0 saturated heterocycles. The third-order valence-corrected chi connectivity index (χ3v) is 4.09. The van der Waals surface area contributed by atoms with Gasteiger partial charge in [0.25, 0.3) is 5.91 Å². The Morgan fingerprint density at radius 3 is 2.76 bits per heavy atom. The van der Waals surface area contributed by atoms with Crippen LogP contribution in [-0.4, -0.2) is 25.5 Å². The lowest BCUT2D eigenvalue weighted by Crippen LogP contribution is -2.18. The minimum Gasteiger partial charge on any atom is -0.317 e. The number of amides is 1. The van der Waals surface area contributed by atoms with E-state index in [0.717, 1.165) is 11.3 Å². The Balaban J connectivity index is 1.83. The van der Waals surface area contributed by atoms with Crippen LogP contribution in [0.25, 0.3) is 0 Å². The molecule has 0 bridgehead atoms. The second-order valence-electron chi connectivity index (χ2n) is 5.82. The van der Waals surface area contributed by atoms with Crippen LogP contribution in [-0.2, 0) is 13.1 Å². The highest BCUT2D eigenvalue weighted by Crippen LogP contribution is 2.21. The Morgan fingerprint density at radius 1 is 1.24 bits per heavy atom. The number of nitrogens with one attached hydrogen (secondary N) is 1. The number of hydrogen-bond acceptors (Lipinski definition) is 3. The predicted octanol–water partition coefficient (Wildman–Crippen LogP) is 3.16. The number of hydrogen-bond donors (Lipinski definition) is 1. The van der Waals surface area contributed by atoms with E-state index >= 15 is 0 Å². The fourth-order valence-electron chi connectivity index (χ4n) is 2.80. The van der Waals surface area contributed by atoms with Crippen molar-refractivity contribution in [1.82, 2.24) is 19.6 Å². The van der Waals surface area contributed by atoms with Crippen molar-refractivity contribution in [3.63, 3.8) is 0 Å². The Hall–Kier alpha value is -2.96. The van der Waals surface area contributed by atoms with Gasteiger partial charge in [-0.15, -0.1) is 0 Å². The molecule has 7 heteroatoms. The molecule has 1 N–H and O–H groups in total. The van der Waals surface area contributed by atoms with E-state index in [2.05, 4.69) is 15.5 Å². The van der Waals surface area contributed by atoms with Crippen LogP contribution in [0.1, 0.15) is 34.4 Å². The van der Waals surface area contributed by atoms with Crippen LogP contribution >= 0.6 is 0 Å². The summed E-state index contributed by atoms with van der Waals surface area (Å²) in [7, 11) is 0. The van der Waals surface area contributed by atoms with Gasteiger partial charge in [0.2, 0.25) is 0 Å². The number of anilines is 1. The minimum absolute atomic E-state index is 0.226.